The van der Waals surface area contributed by atoms with Gasteiger partial charge in [-0.1, -0.05) is 77.5 Å². The largest absolute Gasteiger partial charge is 0.508 e. The second-order valence-corrected chi connectivity index (χ2v) is 11.4. The quantitative estimate of drug-likeness (QED) is 0.153. The number of rotatable bonds is 6. The van der Waals surface area contributed by atoms with E-state index in [2.05, 4.69) is 0 Å². The number of phenolic OH excluding ortho intramolecular Hbond substituents is 2. The van der Waals surface area contributed by atoms with E-state index in [9.17, 15) is 24.6 Å². The molecule has 45 heavy (non-hydrogen) atoms. The molecule has 0 unspecified atom stereocenters. The highest BCUT2D eigenvalue weighted by molar-refractivity contribution is 6.02. The molecule has 3 heterocycles. The van der Waals surface area contributed by atoms with Crippen LogP contribution in [0.2, 0.25) is 0 Å². The summed E-state index contributed by atoms with van der Waals surface area (Å²) in [6.45, 7) is 0.393. The molecule has 0 fully saturated rings. The molecule has 0 atom stereocenters. The van der Waals surface area contributed by atoms with Gasteiger partial charge in [-0.3, -0.25) is 9.59 Å². The second-order valence-electron chi connectivity index (χ2n) is 11.4. The summed E-state index contributed by atoms with van der Waals surface area (Å²) in [7, 11) is 0. The highest BCUT2D eigenvalue weighted by Gasteiger charge is 2.57. The first kappa shape index (κ1) is 26.7. The fourth-order valence-corrected chi connectivity index (χ4v) is 6.80. The Morgan fingerprint density at radius 3 is 1.67 bits per heavy atom. The molecule has 2 aliphatic rings. The fraction of sp³-hybridized carbons (Fsp3) is 0.0833. The molecular weight excluding hydrogens is 572 g/mol. The first-order valence-electron chi connectivity index (χ1n) is 14.4. The summed E-state index contributed by atoms with van der Waals surface area (Å²) in [5, 5.41) is 20.6. The number of hydrogen-bond donors (Lipinski definition) is 2. The molecule has 0 aliphatic carbocycles. The number of carbonyl (C=O) groups excluding carboxylic acids is 1. The second kappa shape index (κ2) is 9.54. The van der Waals surface area contributed by atoms with Crippen LogP contribution in [0.25, 0.3) is 0 Å². The molecule has 2 N–H and O–H groups in total. The van der Waals surface area contributed by atoms with Crippen molar-refractivity contribution >= 4 is 11.7 Å². The average Bonchev–Trinajstić information content (AvgIpc) is 3.53. The van der Waals surface area contributed by atoms with E-state index in [-0.39, 0.29) is 46.2 Å². The normalized spacial score (nSPS) is 14.4. The molecule has 9 heteroatoms. The van der Waals surface area contributed by atoms with E-state index in [4.69, 9.17) is 9.47 Å². The minimum Gasteiger partial charge on any atom is -0.508 e. The summed E-state index contributed by atoms with van der Waals surface area (Å²) in [4.78, 5) is 40.4. The molecule has 6 aromatic rings. The Morgan fingerprint density at radius 2 is 1.16 bits per heavy atom. The van der Waals surface area contributed by atoms with Gasteiger partial charge < -0.3 is 19.7 Å². The van der Waals surface area contributed by atoms with Crippen LogP contribution >= 0.6 is 0 Å². The monoisotopic (exact) mass is 597 g/mol. The molecule has 8 rings (SSSR count). The summed E-state index contributed by atoms with van der Waals surface area (Å²) in [5.74, 6) is -0.239. The van der Waals surface area contributed by atoms with E-state index < -0.39 is 22.7 Å². The van der Waals surface area contributed by atoms with E-state index in [1.807, 2.05) is 60.7 Å². The Hall–Kier alpha value is -5.93. The molecule has 1 spiro atoms. The molecular formula is C36H25N2O7+. The van der Waals surface area contributed by atoms with Crippen molar-refractivity contribution in [1.29, 1.82) is 0 Å². The van der Waals surface area contributed by atoms with E-state index in [0.717, 1.165) is 11.1 Å². The van der Waals surface area contributed by atoms with Crippen molar-refractivity contribution < 1.29 is 24.5 Å². The molecule has 0 saturated carbocycles. The number of quaternary nitrogens is 1. The number of esters is 1. The van der Waals surface area contributed by atoms with Crippen LogP contribution < -0.4 is 20.4 Å². The molecule has 1 aromatic heterocycles. The van der Waals surface area contributed by atoms with E-state index in [1.54, 1.807) is 30.3 Å². The highest BCUT2D eigenvalue weighted by atomic mass is 16.6. The smallest absolute Gasteiger partial charge is 0.371 e. The number of benzene rings is 5. The van der Waals surface area contributed by atoms with Crippen molar-refractivity contribution in [1.82, 2.24) is 9.27 Å². The predicted molar refractivity (Wildman–Crippen MR) is 165 cm³/mol. The van der Waals surface area contributed by atoms with Gasteiger partial charge in [0.05, 0.1) is 0 Å². The van der Waals surface area contributed by atoms with Gasteiger partial charge in [0, 0.05) is 46.0 Å². The van der Waals surface area contributed by atoms with Crippen molar-refractivity contribution in [2.45, 2.75) is 18.7 Å². The van der Waals surface area contributed by atoms with Gasteiger partial charge in [-0.25, -0.2) is 4.79 Å². The SMILES string of the molecule is O=C1OC2(c3ccc(O)cc3Oc3cc(O)ccc32)c2cccc([N+](Cc3ccccc3)(Cc3ccccc3)n3c(=O)c3=O)c21. The Labute approximate surface area is 256 Å². The number of ether oxygens (including phenoxy) is 2. The average molecular weight is 598 g/mol. The van der Waals surface area contributed by atoms with Gasteiger partial charge in [-0.15, -0.1) is 0 Å². The number of fused-ring (bicyclic) bond motifs is 6. The highest BCUT2D eigenvalue weighted by Crippen LogP contribution is 2.58. The van der Waals surface area contributed by atoms with Gasteiger partial charge in [-0.05, 0) is 24.3 Å². The van der Waals surface area contributed by atoms with Crippen molar-refractivity contribution in [3.05, 3.63) is 169 Å². The lowest BCUT2D eigenvalue weighted by Crippen LogP contribution is -2.52. The standard InChI is InChI=1S/C36H24N2O7/c39-24-14-16-26-30(18-24)44-31-19-25(40)15-17-27(31)36(26)28-12-7-13-29(32(28)35(43)45-36)38(37-33(41)34(37)42,20-22-8-3-1-4-9-22)21-23-10-5-2-6-11-23/h1-19H,20-21H2,(H-,39,40)/p+1. The molecule has 0 saturated heterocycles. The Bertz CT molecular complexity index is 2100. The van der Waals surface area contributed by atoms with Crippen LogP contribution in [-0.4, -0.2) is 20.9 Å². The zero-order chi connectivity index (χ0) is 30.9. The number of phenols is 2. The molecule has 5 aromatic carbocycles. The molecule has 9 nitrogen and oxygen atoms in total. The molecule has 0 radical (unpaired) electrons. The topological polar surface area (TPSA) is 115 Å². The van der Waals surface area contributed by atoms with Gasteiger partial charge in [0.1, 0.15) is 41.7 Å². The summed E-state index contributed by atoms with van der Waals surface area (Å²) < 4.78 is 13.4. The van der Waals surface area contributed by atoms with Crippen molar-refractivity contribution in [2.75, 3.05) is 0 Å². The predicted octanol–water partition coefficient (Wildman–Crippen LogP) is 5.23. The number of aromatic hydroxyl groups is 2. The van der Waals surface area contributed by atoms with Crippen LogP contribution in [0.3, 0.4) is 0 Å². The van der Waals surface area contributed by atoms with Crippen LogP contribution in [0.5, 0.6) is 23.0 Å². The number of hydrogen-bond acceptors (Lipinski definition) is 7. The summed E-state index contributed by atoms with van der Waals surface area (Å²) >= 11 is 0. The van der Waals surface area contributed by atoms with Gasteiger partial charge in [0.15, 0.2) is 11.3 Å². The number of carbonyl (C=O) groups is 1. The number of aromatic nitrogens is 1. The zero-order valence-electron chi connectivity index (χ0n) is 23.7. The zero-order valence-corrected chi connectivity index (χ0v) is 23.7. The first-order valence-corrected chi connectivity index (χ1v) is 14.4. The van der Waals surface area contributed by atoms with Crippen molar-refractivity contribution in [3.63, 3.8) is 0 Å². The van der Waals surface area contributed by atoms with Crippen LogP contribution in [0.4, 0.5) is 5.69 Å². The van der Waals surface area contributed by atoms with Crippen LogP contribution in [0, 0.1) is 0 Å². The lowest BCUT2D eigenvalue weighted by molar-refractivity contribution is 0.0222. The minimum atomic E-state index is -1.51. The Morgan fingerprint density at radius 1 is 0.622 bits per heavy atom. The summed E-state index contributed by atoms with van der Waals surface area (Å²) in [6.07, 6.45) is 0. The molecule has 0 amide bonds. The third kappa shape index (κ3) is 3.87. The number of nitrogens with zero attached hydrogens (tertiary/aromatic N) is 2. The third-order valence-corrected chi connectivity index (χ3v) is 8.70. The molecule has 0 bridgehead atoms. The van der Waals surface area contributed by atoms with Gasteiger partial charge in [0.2, 0.25) is 0 Å². The van der Waals surface area contributed by atoms with E-state index in [0.29, 0.717) is 22.4 Å². The van der Waals surface area contributed by atoms with Gasteiger partial charge >= 0.3 is 17.1 Å². The third-order valence-electron chi connectivity index (χ3n) is 8.70. The van der Waals surface area contributed by atoms with Gasteiger partial charge in [0.25, 0.3) is 0 Å². The van der Waals surface area contributed by atoms with Gasteiger partial charge in [-0.2, -0.15) is 4.59 Å². The maximum absolute atomic E-state index is 14.3. The van der Waals surface area contributed by atoms with E-state index in [1.165, 1.54) is 28.9 Å². The van der Waals surface area contributed by atoms with Crippen molar-refractivity contribution in [2.24, 2.45) is 0 Å². The maximum Gasteiger partial charge on any atom is 0.371 e. The lowest BCUT2D eigenvalue weighted by Gasteiger charge is -2.37. The van der Waals surface area contributed by atoms with Crippen LogP contribution in [-0.2, 0) is 23.4 Å². The molecule has 2 aliphatic heterocycles. The fourth-order valence-electron chi connectivity index (χ4n) is 6.80. The minimum absolute atomic E-state index is 0.0502. The maximum atomic E-state index is 14.3. The molecule has 220 valence electrons. The van der Waals surface area contributed by atoms with E-state index >= 15 is 0 Å². The summed E-state index contributed by atoms with van der Waals surface area (Å²) in [6, 6.07) is 33.5. The first-order chi connectivity index (χ1) is 21.8. The van der Waals surface area contributed by atoms with Crippen LogP contribution in [0.1, 0.15) is 38.2 Å². The van der Waals surface area contributed by atoms with Crippen LogP contribution in [0.15, 0.2) is 125 Å². The van der Waals surface area contributed by atoms with Crippen molar-refractivity contribution in [3.8, 4) is 23.0 Å². The Balaban J connectivity index is 1.44. The Kier molecular flexibility index (Phi) is 5.65. The summed E-state index contributed by atoms with van der Waals surface area (Å²) in [5.41, 5.74) is 0.995. The lowest BCUT2D eigenvalue weighted by atomic mass is 9.77.